The number of nitrogens with one attached hydrogen (secondary N) is 3. The first-order valence-electron chi connectivity index (χ1n) is 8.35. The smallest absolute Gasteiger partial charge is 0.406 e. The number of hydrogen-bond donors (Lipinski definition) is 3. The second-order valence-electron chi connectivity index (χ2n) is 5.87. The number of nitrogens with zero attached hydrogens (tertiary/aromatic N) is 1. The van der Waals surface area contributed by atoms with Gasteiger partial charge in [-0.15, -0.1) is 13.2 Å². The van der Waals surface area contributed by atoms with Gasteiger partial charge in [-0.1, -0.05) is 11.3 Å². The van der Waals surface area contributed by atoms with E-state index in [1.54, 1.807) is 0 Å². The molecule has 0 radical (unpaired) electrons. The Balaban J connectivity index is 1.54. The number of alkyl halides is 3. The lowest BCUT2D eigenvalue weighted by Crippen LogP contribution is -2.46. The minimum atomic E-state index is -4.79. The van der Waals surface area contributed by atoms with Crippen LogP contribution in [-0.2, 0) is 14.3 Å². The Labute approximate surface area is 161 Å². The zero-order valence-corrected chi connectivity index (χ0v) is 15.3. The minimum Gasteiger partial charge on any atom is -0.406 e. The fraction of sp³-hybridized carbons (Fsp3) is 0.438. The van der Waals surface area contributed by atoms with E-state index < -0.39 is 18.3 Å². The van der Waals surface area contributed by atoms with Gasteiger partial charge in [0.15, 0.2) is 5.13 Å². The number of ether oxygens (including phenoxy) is 2. The highest BCUT2D eigenvalue weighted by molar-refractivity contribution is 7.22. The highest BCUT2D eigenvalue weighted by atomic mass is 32.1. The van der Waals surface area contributed by atoms with Crippen LogP contribution in [0.25, 0.3) is 10.2 Å². The fourth-order valence-corrected chi connectivity index (χ4v) is 3.45. The molecule has 0 unspecified atom stereocenters. The van der Waals surface area contributed by atoms with Crippen LogP contribution in [0.5, 0.6) is 5.75 Å². The van der Waals surface area contributed by atoms with E-state index in [-0.39, 0.29) is 23.3 Å². The van der Waals surface area contributed by atoms with E-state index in [0.717, 1.165) is 17.4 Å². The van der Waals surface area contributed by atoms with E-state index in [4.69, 9.17) is 4.74 Å². The molecule has 3 N–H and O–H groups in total. The van der Waals surface area contributed by atoms with Crippen molar-refractivity contribution in [2.75, 3.05) is 31.6 Å². The molecule has 3 rings (SSSR count). The highest BCUT2D eigenvalue weighted by Gasteiger charge is 2.31. The number of thiazole rings is 1. The van der Waals surface area contributed by atoms with E-state index in [1.807, 2.05) is 0 Å². The van der Waals surface area contributed by atoms with Crippen molar-refractivity contribution in [2.45, 2.75) is 18.8 Å². The van der Waals surface area contributed by atoms with Crippen LogP contribution in [0.15, 0.2) is 18.2 Å². The van der Waals surface area contributed by atoms with Crippen LogP contribution in [0, 0.1) is 0 Å². The molecule has 1 aliphatic heterocycles. The summed E-state index contributed by atoms with van der Waals surface area (Å²) >= 11 is 0.999. The van der Waals surface area contributed by atoms with Crippen molar-refractivity contribution in [3.05, 3.63) is 18.2 Å². The number of benzene rings is 1. The molecule has 12 heteroatoms. The van der Waals surface area contributed by atoms with Gasteiger partial charge in [0.2, 0.25) is 11.8 Å². The lowest BCUT2D eigenvalue weighted by molar-refractivity contribution is -0.274. The van der Waals surface area contributed by atoms with Crippen LogP contribution in [0.3, 0.4) is 0 Å². The standard InChI is InChI=1S/C16H17F3N4O4S/c17-16(18,19)27-9-1-2-10-12(7-9)28-15(22-10)23-13(24)8-21-14(25)11-3-5-26-6-4-20-11/h1-2,7,11,20H,3-6,8H2,(H,21,25)(H,22,23,24)/t11-/m0/s1. The molecule has 1 aromatic carbocycles. The van der Waals surface area contributed by atoms with Crippen molar-refractivity contribution in [3.63, 3.8) is 0 Å². The van der Waals surface area contributed by atoms with Crippen LogP contribution in [0.4, 0.5) is 18.3 Å². The molecule has 0 spiro atoms. The monoisotopic (exact) mass is 418 g/mol. The molecule has 2 amide bonds. The lowest BCUT2D eigenvalue weighted by atomic mass is 10.2. The molecule has 1 aliphatic rings. The van der Waals surface area contributed by atoms with Gasteiger partial charge >= 0.3 is 6.36 Å². The first-order valence-corrected chi connectivity index (χ1v) is 9.17. The second kappa shape index (κ2) is 8.71. The minimum absolute atomic E-state index is 0.208. The highest BCUT2D eigenvalue weighted by Crippen LogP contribution is 2.31. The SMILES string of the molecule is O=C(CNC(=O)[C@@H]1CCOCCN1)Nc1nc2ccc(OC(F)(F)F)cc2s1. The normalized spacial score (nSPS) is 17.8. The third-order valence-corrected chi connectivity index (χ3v) is 4.70. The van der Waals surface area contributed by atoms with Crippen LogP contribution < -0.4 is 20.7 Å². The van der Waals surface area contributed by atoms with Gasteiger partial charge in [0.1, 0.15) is 5.75 Å². The van der Waals surface area contributed by atoms with Gasteiger partial charge in [0.05, 0.1) is 29.4 Å². The summed E-state index contributed by atoms with van der Waals surface area (Å²) in [4.78, 5) is 28.2. The summed E-state index contributed by atoms with van der Waals surface area (Å²) < 4.78 is 46.4. The van der Waals surface area contributed by atoms with Gasteiger partial charge < -0.3 is 25.4 Å². The van der Waals surface area contributed by atoms with Crippen molar-refractivity contribution in [1.29, 1.82) is 0 Å². The number of hydrogen-bond acceptors (Lipinski definition) is 7. The molecular weight excluding hydrogens is 401 g/mol. The Morgan fingerprint density at radius 2 is 2.18 bits per heavy atom. The van der Waals surface area contributed by atoms with Crippen LogP contribution in [0.1, 0.15) is 6.42 Å². The zero-order valence-electron chi connectivity index (χ0n) is 14.5. The number of aromatic nitrogens is 1. The van der Waals surface area contributed by atoms with E-state index in [0.29, 0.717) is 36.4 Å². The fourth-order valence-electron chi connectivity index (χ4n) is 2.54. The van der Waals surface area contributed by atoms with Crippen molar-refractivity contribution >= 4 is 38.5 Å². The maximum absolute atomic E-state index is 12.3. The first kappa shape index (κ1) is 20.3. The Morgan fingerprint density at radius 3 is 2.96 bits per heavy atom. The molecule has 2 aromatic rings. The van der Waals surface area contributed by atoms with Gasteiger partial charge in [-0.3, -0.25) is 9.59 Å². The van der Waals surface area contributed by atoms with Crippen molar-refractivity contribution < 1.29 is 32.2 Å². The predicted molar refractivity (Wildman–Crippen MR) is 95.2 cm³/mol. The van der Waals surface area contributed by atoms with Crippen molar-refractivity contribution in [1.82, 2.24) is 15.6 Å². The summed E-state index contributed by atoms with van der Waals surface area (Å²) in [6.07, 6.45) is -4.28. The summed E-state index contributed by atoms with van der Waals surface area (Å²) in [6.45, 7) is 1.28. The topological polar surface area (TPSA) is 102 Å². The number of halogens is 3. The molecule has 1 fully saturated rings. The third kappa shape index (κ3) is 5.78. The molecular formula is C16H17F3N4O4S. The average molecular weight is 418 g/mol. The molecule has 0 saturated carbocycles. The van der Waals surface area contributed by atoms with Crippen molar-refractivity contribution in [2.24, 2.45) is 0 Å². The summed E-state index contributed by atoms with van der Waals surface area (Å²) in [7, 11) is 0. The summed E-state index contributed by atoms with van der Waals surface area (Å²) in [5.41, 5.74) is 0.418. The van der Waals surface area contributed by atoms with Gasteiger partial charge in [0, 0.05) is 19.2 Å². The molecule has 2 heterocycles. The second-order valence-corrected chi connectivity index (χ2v) is 6.90. The molecule has 0 bridgehead atoms. The molecule has 1 saturated heterocycles. The summed E-state index contributed by atoms with van der Waals surface area (Å²) in [5.74, 6) is -1.17. The van der Waals surface area contributed by atoms with Gasteiger partial charge in [0.25, 0.3) is 0 Å². The van der Waals surface area contributed by atoms with E-state index in [2.05, 4.69) is 25.7 Å². The van der Waals surface area contributed by atoms with Gasteiger partial charge in [-0.25, -0.2) is 4.98 Å². The predicted octanol–water partition coefficient (Wildman–Crippen LogP) is 1.63. The molecule has 152 valence electrons. The van der Waals surface area contributed by atoms with E-state index in [1.165, 1.54) is 12.1 Å². The number of anilines is 1. The molecule has 1 atom stereocenters. The van der Waals surface area contributed by atoms with Gasteiger partial charge in [-0.05, 0) is 18.6 Å². The third-order valence-electron chi connectivity index (χ3n) is 3.77. The van der Waals surface area contributed by atoms with E-state index in [9.17, 15) is 22.8 Å². The van der Waals surface area contributed by atoms with Crippen LogP contribution in [-0.4, -0.2) is 55.5 Å². The zero-order chi connectivity index (χ0) is 20.1. The molecule has 8 nitrogen and oxygen atoms in total. The number of carbonyl (C=O) groups is 2. The maximum Gasteiger partial charge on any atom is 0.573 e. The Kier molecular flexibility index (Phi) is 6.31. The number of amides is 2. The Morgan fingerprint density at radius 1 is 1.36 bits per heavy atom. The Hall–Kier alpha value is -2.44. The first-order chi connectivity index (χ1) is 13.3. The summed E-state index contributed by atoms with van der Waals surface area (Å²) in [6, 6.07) is 3.27. The lowest BCUT2D eigenvalue weighted by Gasteiger charge is -2.14. The van der Waals surface area contributed by atoms with Crippen LogP contribution in [0.2, 0.25) is 0 Å². The molecule has 1 aromatic heterocycles. The quantitative estimate of drug-likeness (QED) is 0.682. The maximum atomic E-state index is 12.3. The number of fused-ring (bicyclic) bond motifs is 1. The van der Waals surface area contributed by atoms with Gasteiger partial charge in [-0.2, -0.15) is 0 Å². The average Bonchev–Trinajstić information content (AvgIpc) is 2.82. The van der Waals surface area contributed by atoms with E-state index >= 15 is 0 Å². The van der Waals surface area contributed by atoms with Crippen LogP contribution >= 0.6 is 11.3 Å². The van der Waals surface area contributed by atoms with Crippen molar-refractivity contribution in [3.8, 4) is 5.75 Å². The molecule has 0 aliphatic carbocycles. The number of carbonyl (C=O) groups excluding carboxylic acids is 2. The number of rotatable bonds is 5. The molecule has 28 heavy (non-hydrogen) atoms. The summed E-state index contributed by atoms with van der Waals surface area (Å²) in [5, 5.41) is 8.28. The largest absolute Gasteiger partial charge is 0.573 e. The Bertz CT molecular complexity index is 850.